The van der Waals surface area contributed by atoms with Gasteiger partial charge in [0, 0.05) is 67.4 Å². The minimum atomic E-state index is -3.87. The van der Waals surface area contributed by atoms with Crippen molar-refractivity contribution < 1.29 is 13.2 Å². The van der Waals surface area contributed by atoms with Crippen LogP contribution in [0.5, 0.6) is 0 Å². The van der Waals surface area contributed by atoms with E-state index in [0.29, 0.717) is 11.8 Å². The molecule has 1 N–H and O–H groups in total. The van der Waals surface area contributed by atoms with Gasteiger partial charge in [-0.2, -0.15) is 0 Å². The number of fused-ring (bicyclic) bond motifs is 2. The Morgan fingerprint density at radius 2 is 1.65 bits per heavy atom. The van der Waals surface area contributed by atoms with E-state index in [4.69, 9.17) is 9.72 Å². The van der Waals surface area contributed by atoms with Crippen LogP contribution in [0.4, 0.5) is 0 Å². The minimum Gasteiger partial charge on any atom is -0.381 e. The average Bonchev–Trinajstić information content (AvgIpc) is 3.66. The van der Waals surface area contributed by atoms with Crippen LogP contribution in [0.1, 0.15) is 24.0 Å². The predicted molar refractivity (Wildman–Crippen MR) is 172 cm³/mol. The summed E-state index contributed by atoms with van der Waals surface area (Å²) in [5, 5.41) is 1.85. The van der Waals surface area contributed by atoms with E-state index in [9.17, 15) is 8.42 Å². The largest absolute Gasteiger partial charge is 0.381 e. The Morgan fingerprint density at radius 3 is 2.40 bits per heavy atom. The highest BCUT2D eigenvalue weighted by Crippen LogP contribution is 2.36. The number of nitrogens with zero attached hydrogens (tertiary/aromatic N) is 3. The van der Waals surface area contributed by atoms with Crippen molar-refractivity contribution in [2.45, 2.75) is 37.3 Å². The first-order chi connectivity index (χ1) is 20.9. The maximum absolute atomic E-state index is 13.9. The summed E-state index contributed by atoms with van der Waals surface area (Å²) in [6, 6.07) is 25.8. The number of hydrogen-bond donors (Lipinski definition) is 1. The molecule has 0 unspecified atom stereocenters. The lowest BCUT2D eigenvalue weighted by molar-refractivity contribution is 0.0389. The van der Waals surface area contributed by atoms with Crippen LogP contribution in [-0.4, -0.2) is 53.6 Å². The maximum atomic E-state index is 13.9. The fourth-order valence-corrected chi connectivity index (χ4v) is 7.38. The highest BCUT2D eigenvalue weighted by atomic mass is 32.2. The normalized spacial score (nSPS) is 15.0. The van der Waals surface area contributed by atoms with Crippen LogP contribution in [0.3, 0.4) is 0 Å². The SMILES string of the molecule is COC1CCN(Cc2ccc(-c3cnc4c(c3)c(-c3ccc5[nH]ccc5c3)cn4S(=O)(=O)c3ccc(C)cc3)cc2)CC1. The summed E-state index contributed by atoms with van der Waals surface area (Å²) < 4.78 is 34.6. The van der Waals surface area contributed by atoms with Gasteiger partial charge in [-0.25, -0.2) is 17.4 Å². The second-order valence-corrected chi connectivity index (χ2v) is 13.3. The average molecular weight is 591 g/mol. The molecular formula is C35H34N4O3S. The van der Waals surface area contributed by atoms with Crippen molar-refractivity contribution in [3.8, 4) is 22.3 Å². The summed E-state index contributed by atoms with van der Waals surface area (Å²) in [5.41, 5.74) is 7.43. The first-order valence-corrected chi connectivity index (χ1v) is 16.1. The third-order valence-corrected chi connectivity index (χ3v) is 10.3. The molecular weight excluding hydrogens is 556 g/mol. The smallest absolute Gasteiger partial charge is 0.269 e. The van der Waals surface area contributed by atoms with Crippen LogP contribution >= 0.6 is 0 Å². The van der Waals surface area contributed by atoms with Crippen molar-refractivity contribution in [3.05, 3.63) is 109 Å². The van der Waals surface area contributed by atoms with E-state index in [1.54, 1.807) is 31.6 Å². The summed E-state index contributed by atoms with van der Waals surface area (Å²) in [6.07, 6.45) is 7.90. The molecule has 43 heavy (non-hydrogen) atoms. The molecule has 0 saturated carbocycles. The molecule has 0 radical (unpaired) electrons. The van der Waals surface area contributed by atoms with Crippen LogP contribution in [0.2, 0.25) is 0 Å². The van der Waals surface area contributed by atoms with Crippen molar-refractivity contribution in [2.75, 3.05) is 20.2 Å². The lowest BCUT2D eigenvalue weighted by Crippen LogP contribution is -2.36. The zero-order valence-corrected chi connectivity index (χ0v) is 25.1. The second-order valence-electron chi connectivity index (χ2n) is 11.4. The summed E-state index contributed by atoms with van der Waals surface area (Å²) in [7, 11) is -2.07. The van der Waals surface area contributed by atoms with E-state index >= 15 is 0 Å². The number of ether oxygens (including phenoxy) is 1. The summed E-state index contributed by atoms with van der Waals surface area (Å²) >= 11 is 0. The number of likely N-dealkylation sites (tertiary alicyclic amines) is 1. The van der Waals surface area contributed by atoms with E-state index in [2.05, 4.69) is 46.3 Å². The number of nitrogens with one attached hydrogen (secondary N) is 1. The Kier molecular flexibility index (Phi) is 7.13. The van der Waals surface area contributed by atoms with Gasteiger partial charge >= 0.3 is 0 Å². The Hall–Kier alpha value is -4.24. The molecule has 1 saturated heterocycles. The molecule has 6 aromatic rings. The Bertz CT molecular complexity index is 2020. The van der Waals surface area contributed by atoms with Gasteiger partial charge < -0.3 is 9.72 Å². The van der Waals surface area contributed by atoms with Gasteiger partial charge in [0.05, 0.1) is 11.0 Å². The molecule has 0 amide bonds. The van der Waals surface area contributed by atoms with Crippen LogP contribution in [0.25, 0.3) is 44.2 Å². The fraction of sp³-hybridized carbons (Fsp3) is 0.229. The summed E-state index contributed by atoms with van der Waals surface area (Å²) in [4.78, 5) is 10.7. The van der Waals surface area contributed by atoms with Gasteiger partial charge in [-0.3, -0.25) is 4.90 Å². The number of benzene rings is 3. The molecule has 218 valence electrons. The third-order valence-electron chi connectivity index (χ3n) is 8.62. The molecule has 7 rings (SSSR count). The molecule has 0 atom stereocenters. The van der Waals surface area contributed by atoms with Crippen LogP contribution in [-0.2, 0) is 21.3 Å². The van der Waals surface area contributed by atoms with Crippen LogP contribution in [0.15, 0.2) is 102 Å². The number of piperidine rings is 1. The number of aryl methyl sites for hydroxylation is 1. The van der Waals surface area contributed by atoms with Crippen molar-refractivity contribution in [3.63, 3.8) is 0 Å². The van der Waals surface area contributed by atoms with Crippen molar-refractivity contribution in [2.24, 2.45) is 0 Å². The number of pyridine rings is 1. The van der Waals surface area contributed by atoms with Gasteiger partial charge in [-0.05, 0) is 78.2 Å². The van der Waals surface area contributed by atoms with Crippen molar-refractivity contribution in [1.29, 1.82) is 0 Å². The van der Waals surface area contributed by atoms with E-state index in [1.807, 2.05) is 43.5 Å². The molecule has 1 aliphatic heterocycles. The van der Waals surface area contributed by atoms with Crippen molar-refractivity contribution in [1.82, 2.24) is 18.8 Å². The van der Waals surface area contributed by atoms with Crippen LogP contribution in [0, 0.1) is 6.92 Å². The fourth-order valence-electron chi connectivity index (χ4n) is 6.06. The molecule has 0 spiro atoms. The molecule has 3 aromatic carbocycles. The van der Waals surface area contributed by atoms with E-state index in [1.165, 1.54) is 9.54 Å². The number of aromatic nitrogens is 3. The van der Waals surface area contributed by atoms with Gasteiger partial charge in [-0.1, -0.05) is 48.0 Å². The lowest BCUT2D eigenvalue weighted by atomic mass is 10.0. The van der Waals surface area contributed by atoms with Gasteiger partial charge in [0.1, 0.15) is 0 Å². The molecule has 0 bridgehead atoms. The standard InChI is InChI=1S/C35H34N4O3S/c1-24-3-10-31(11-4-24)43(40,41)39-23-33(27-9-12-34-28(19-27)13-16-36-34)32-20-29(21-37-35(32)39)26-7-5-25(6-8-26)22-38-17-14-30(42-2)15-18-38/h3-13,16,19-21,23,30,36H,14-15,17-18,22H2,1-2H3. The number of H-pyrrole nitrogens is 1. The van der Waals surface area contributed by atoms with E-state index in [0.717, 1.165) is 76.6 Å². The van der Waals surface area contributed by atoms with Gasteiger partial charge in [0.15, 0.2) is 5.65 Å². The molecule has 0 aliphatic carbocycles. The number of aromatic amines is 1. The lowest BCUT2D eigenvalue weighted by Gasteiger charge is -2.31. The van der Waals surface area contributed by atoms with E-state index in [-0.39, 0.29) is 4.90 Å². The van der Waals surface area contributed by atoms with Crippen molar-refractivity contribution >= 4 is 32.0 Å². The molecule has 1 aliphatic rings. The third kappa shape index (κ3) is 5.27. The van der Waals surface area contributed by atoms with Crippen LogP contribution < -0.4 is 0 Å². The number of hydrogen-bond acceptors (Lipinski definition) is 5. The molecule has 3 aromatic heterocycles. The molecule has 4 heterocycles. The van der Waals surface area contributed by atoms with E-state index < -0.39 is 10.0 Å². The maximum Gasteiger partial charge on any atom is 0.269 e. The monoisotopic (exact) mass is 590 g/mol. The van der Waals surface area contributed by atoms with Gasteiger partial charge in [0.25, 0.3) is 10.0 Å². The molecule has 1 fully saturated rings. The predicted octanol–water partition coefficient (Wildman–Crippen LogP) is 7.01. The number of methoxy groups -OCH3 is 1. The molecule has 7 nitrogen and oxygen atoms in total. The highest BCUT2D eigenvalue weighted by molar-refractivity contribution is 7.90. The Labute approximate surface area is 251 Å². The quantitative estimate of drug-likeness (QED) is 0.216. The highest BCUT2D eigenvalue weighted by Gasteiger charge is 2.24. The Morgan fingerprint density at radius 1 is 0.907 bits per heavy atom. The second kappa shape index (κ2) is 11.1. The zero-order valence-electron chi connectivity index (χ0n) is 24.3. The molecule has 8 heteroatoms. The first-order valence-electron chi connectivity index (χ1n) is 14.6. The topological polar surface area (TPSA) is 80.2 Å². The number of rotatable bonds is 7. The Balaban J connectivity index is 1.27. The minimum absolute atomic E-state index is 0.232. The summed E-state index contributed by atoms with van der Waals surface area (Å²) in [5.74, 6) is 0. The van der Waals surface area contributed by atoms with Gasteiger partial charge in [0.2, 0.25) is 0 Å². The first kappa shape index (κ1) is 27.6. The van der Waals surface area contributed by atoms with Gasteiger partial charge in [-0.15, -0.1) is 0 Å². The summed E-state index contributed by atoms with van der Waals surface area (Å²) in [6.45, 7) is 4.94. The zero-order chi connectivity index (χ0) is 29.6.